The van der Waals surface area contributed by atoms with Crippen LogP contribution in [-0.4, -0.2) is 37.5 Å². The van der Waals surface area contributed by atoms with Crippen LogP contribution in [-0.2, 0) is 4.79 Å². The molecule has 0 heterocycles. The minimum atomic E-state index is 0. The molecule has 1 unspecified atom stereocenters. The topological polar surface area (TPSA) is 32.3 Å². The van der Waals surface area contributed by atoms with Gasteiger partial charge in [0.1, 0.15) is 0 Å². The summed E-state index contributed by atoms with van der Waals surface area (Å²) in [5.41, 5.74) is 0. The quantitative estimate of drug-likeness (QED) is 0.790. The molecule has 4 heteroatoms. The molecule has 1 N–H and O–H groups in total. The van der Waals surface area contributed by atoms with Crippen LogP contribution in [0.25, 0.3) is 0 Å². The van der Waals surface area contributed by atoms with Crippen LogP contribution in [0.1, 0.15) is 45.4 Å². The Bertz CT molecular complexity index is 215. The molecule has 1 atom stereocenters. The molecule has 17 heavy (non-hydrogen) atoms. The Morgan fingerprint density at radius 1 is 1.29 bits per heavy atom. The molecule has 0 spiro atoms. The molecule has 0 aromatic carbocycles. The van der Waals surface area contributed by atoms with Crippen LogP contribution in [0.2, 0.25) is 0 Å². The second kappa shape index (κ2) is 8.76. The molecule has 3 nitrogen and oxygen atoms in total. The fraction of sp³-hybridized carbons (Fsp3) is 0.923. The molecule has 1 fully saturated rings. The van der Waals surface area contributed by atoms with E-state index in [9.17, 15) is 4.79 Å². The van der Waals surface area contributed by atoms with Gasteiger partial charge in [0.15, 0.2) is 0 Å². The van der Waals surface area contributed by atoms with Crippen molar-refractivity contribution in [2.45, 2.75) is 51.5 Å². The van der Waals surface area contributed by atoms with E-state index in [1.165, 1.54) is 38.5 Å². The molecule has 1 amide bonds. The smallest absolute Gasteiger partial charge is 0.226 e. The van der Waals surface area contributed by atoms with Crippen molar-refractivity contribution in [2.24, 2.45) is 5.92 Å². The summed E-state index contributed by atoms with van der Waals surface area (Å²) in [4.78, 5) is 14.1. The predicted octanol–water partition coefficient (Wildman–Crippen LogP) is 2.44. The molecule has 0 radical (unpaired) electrons. The van der Waals surface area contributed by atoms with Gasteiger partial charge >= 0.3 is 0 Å². The van der Waals surface area contributed by atoms with Crippen LogP contribution in [0.4, 0.5) is 0 Å². The SMILES string of the molecule is CNCC(C)C(=O)N(C)C1CCCCCC1.Cl. The van der Waals surface area contributed by atoms with Gasteiger partial charge in [-0.3, -0.25) is 4.79 Å². The summed E-state index contributed by atoms with van der Waals surface area (Å²) in [6.07, 6.45) is 7.61. The van der Waals surface area contributed by atoms with Crippen LogP contribution >= 0.6 is 12.4 Å². The van der Waals surface area contributed by atoms with E-state index in [2.05, 4.69) is 5.32 Å². The van der Waals surface area contributed by atoms with Crippen molar-refractivity contribution in [3.8, 4) is 0 Å². The average Bonchev–Trinajstić information content (AvgIpc) is 2.56. The maximum atomic E-state index is 12.1. The summed E-state index contributed by atoms with van der Waals surface area (Å²) in [5, 5.41) is 3.07. The molecule has 1 saturated carbocycles. The lowest BCUT2D eigenvalue weighted by Crippen LogP contribution is -2.42. The molecular formula is C13H27ClN2O. The standard InChI is InChI=1S/C13H26N2O.ClH/c1-11(10-14-2)13(16)15(3)12-8-6-4-5-7-9-12;/h11-12,14H,4-10H2,1-3H3;1H. The first-order valence-electron chi connectivity index (χ1n) is 6.58. The second-order valence-corrected chi connectivity index (χ2v) is 5.05. The van der Waals surface area contributed by atoms with Crippen LogP contribution in [0.3, 0.4) is 0 Å². The minimum Gasteiger partial charge on any atom is -0.343 e. The van der Waals surface area contributed by atoms with Crippen molar-refractivity contribution < 1.29 is 4.79 Å². The minimum absolute atomic E-state index is 0. The fourth-order valence-corrected chi connectivity index (χ4v) is 2.57. The number of carbonyl (C=O) groups excluding carboxylic acids is 1. The van der Waals surface area contributed by atoms with Gasteiger partial charge in [0, 0.05) is 25.6 Å². The number of hydrogen-bond donors (Lipinski definition) is 1. The molecule has 102 valence electrons. The molecule has 1 aliphatic carbocycles. The lowest BCUT2D eigenvalue weighted by atomic mass is 10.0. The van der Waals surface area contributed by atoms with E-state index in [0.29, 0.717) is 11.9 Å². The van der Waals surface area contributed by atoms with Crippen molar-refractivity contribution in [1.29, 1.82) is 0 Å². The maximum Gasteiger partial charge on any atom is 0.226 e. The molecule has 1 rings (SSSR count). The molecule has 0 aromatic heterocycles. The van der Waals surface area contributed by atoms with Gasteiger partial charge in [-0.25, -0.2) is 0 Å². The van der Waals surface area contributed by atoms with Crippen LogP contribution < -0.4 is 5.32 Å². The number of nitrogens with zero attached hydrogens (tertiary/aromatic N) is 1. The second-order valence-electron chi connectivity index (χ2n) is 5.05. The Kier molecular flexibility index (Phi) is 8.61. The molecule has 0 aliphatic heterocycles. The number of hydrogen-bond acceptors (Lipinski definition) is 2. The van der Waals surface area contributed by atoms with Gasteiger partial charge in [0.25, 0.3) is 0 Å². The van der Waals surface area contributed by atoms with Gasteiger partial charge in [-0.1, -0.05) is 32.6 Å². The van der Waals surface area contributed by atoms with Crippen LogP contribution in [0.15, 0.2) is 0 Å². The Hall–Kier alpha value is -0.280. The number of amides is 1. The maximum absolute atomic E-state index is 12.1. The summed E-state index contributed by atoms with van der Waals surface area (Å²) < 4.78 is 0. The van der Waals surface area contributed by atoms with Gasteiger partial charge in [-0.05, 0) is 19.9 Å². The van der Waals surface area contributed by atoms with Crippen molar-refractivity contribution in [3.63, 3.8) is 0 Å². The van der Waals surface area contributed by atoms with Crippen molar-refractivity contribution in [1.82, 2.24) is 10.2 Å². The summed E-state index contributed by atoms with van der Waals surface area (Å²) in [5.74, 6) is 0.388. The zero-order valence-electron chi connectivity index (χ0n) is 11.4. The van der Waals surface area contributed by atoms with Crippen molar-refractivity contribution in [2.75, 3.05) is 20.6 Å². The van der Waals surface area contributed by atoms with E-state index in [-0.39, 0.29) is 18.3 Å². The summed E-state index contributed by atoms with van der Waals surface area (Å²) in [6, 6.07) is 0.481. The van der Waals surface area contributed by atoms with E-state index < -0.39 is 0 Å². The van der Waals surface area contributed by atoms with Crippen LogP contribution in [0.5, 0.6) is 0 Å². The normalized spacial score (nSPS) is 19.0. The summed E-state index contributed by atoms with van der Waals surface area (Å²) >= 11 is 0. The first-order chi connectivity index (χ1) is 7.66. The zero-order chi connectivity index (χ0) is 12.0. The van der Waals surface area contributed by atoms with E-state index in [4.69, 9.17) is 0 Å². The highest BCUT2D eigenvalue weighted by molar-refractivity contribution is 5.85. The van der Waals surface area contributed by atoms with E-state index in [0.717, 1.165) is 6.54 Å². The highest BCUT2D eigenvalue weighted by Gasteiger charge is 2.24. The third-order valence-corrected chi connectivity index (χ3v) is 3.65. The monoisotopic (exact) mass is 262 g/mol. The van der Waals surface area contributed by atoms with Crippen LogP contribution in [0, 0.1) is 5.92 Å². The number of rotatable bonds is 4. The lowest BCUT2D eigenvalue weighted by molar-refractivity contribution is -0.135. The van der Waals surface area contributed by atoms with E-state index >= 15 is 0 Å². The number of carbonyl (C=O) groups is 1. The Morgan fingerprint density at radius 3 is 2.29 bits per heavy atom. The summed E-state index contributed by atoms with van der Waals surface area (Å²) in [7, 11) is 3.87. The third kappa shape index (κ3) is 5.26. The predicted molar refractivity (Wildman–Crippen MR) is 74.6 cm³/mol. The molecule has 1 aliphatic rings. The van der Waals surface area contributed by atoms with Gasteiger partial charge in [0.05, 0.1) is 0 Å². The Balaban J connectivity index is 0.00000256. The van der Waals surface area contributed by atoms with E-state index in [1.54, 1.807) is 0 Å². The number of nitrogens with one attached hydrogen (secondary N) is 1. The van der Waals surface area contributed by atoms with Gasteiger partial charge in [0.2, 0.25) is 5.91 Å². The average molecular weight is 263 g/mol. The zero-order valence-corrected chi connectivity index (χ0v) is 12.2. The molecular weight excluding hydrogens is 236 g/mol. The van der Waals surface area contributed by atoms with Crippen molar-refractivity contribution >= 4 is 18.3 Å². The van der Waals surface area contributed by atoms with Gasteiger partial charge in [-0.2, -0.15) is 0 Å². The fourth-order valence-electron chi connectivity index (χ4n) is 2.57. The molecule has 0 bridgehead atoms. The lowest BCUT2D eigenvalue weighted by Gasteiger charge is -2.29. The van der Waals surface area contributed by atoms with Gasteiger partial charge in [-0.15, -0.1) is 12.4 Å². The van der Waals surface area contributed by atoms with E-state index in [1.807, 2.05) is 25.9 Å². The Morgan fingerprint density at radius 2 is 1.82 bits per heavy atom. The first kappa shape index (κ1) is 16.7. The molecule has 0 saturated heterocycles. The Labute approximate surface area is 112 Å². The largest absolute Gasteiger partial charge is 0.343 e. The first-order valence-corrected chi connectivity index (χ1v) is 6.58. The highest BCUT2D eigenvalue weighted by Crippen LogP contribution is 2.22. The third-order valence-electron chi connectivity index (χ3n) is 3.65. The van der Waals surface area contributed by atoms with Gasteiger partial charge < -0.3 is 10.2 Å². The summed E-state index contributed by atoms with van der Waals surface area (Å²) in [6.45, 7) is 2.78. The number of halogens is 1. The van der Waals surface area contributed by atoms with Crippen molar-refractivity contribution in [3.05, 3.63) is 0 Å². The highest BCUT2D eigenvalue weighted by atomic mass is 35.5. The molecule has 0 aromatic rings.